The maximum Gasteiger partial charge on any atom is 0.259 e. The molecule has 2 aromatic rings. The fourth-order valence-corrected chi connectivity index (χ4v) is 3.38. The summed E-state index contributed by atoms with van der Waals surface area (Å²) in [5.74, 6) is -0.471. The first kappa shape index (κ1) is 15.4. The highest BCUT2D eigenvalue weighted by atomic mass is 32.1. The zero-order chi connectivity index (χ0) is 16.7. The van der Waals surface area contributed by atoms with Gasteiger partial charge in [0.1, 0.15) is 6.04 Å². The first-order chi connectivity index (χ1) is 10.9. The molecule has 1 aliphatic rings. The number of aryl methyl sites for hydroxylation is 2. The molecule has 23 heavy (non-hydrogen) atoms. The van der Waals surface area contributed by atoms with Crippen LogP contribution in [-0.2, 0) is 4.79 Å². The highest BCUT2D eigenvalue weighted by Crippen LogP contribution is 2.33. The first-order valence-electron chi connectivity index (χ1n) is 7.27. The van der Waals surface area contributed by atoms with Gasteiger partial charge in [-0.15, -0.1) is 11.3 Å². The normalized spacial score (nSPS) is 14.8. The lowest BCUT2D eigenvalue weighted by Gasteiger charge is -2.24. The molecule has 1 aromatic heterocycles. The van der Waals surface area contributed by atoms with E-state index in [0.29, 0.717) is 16.4 Å². The minimum Gasteiger partial charge on any atom is -0.300 e. The second-order valence-electron chi connectivity index (χ2n) is 5.49. The van der Waals surface area contributed by atoms with Crippen LogP contribution in [0.4, 0.5) is 5.13 Å². The number of amides is 2. The van der Waals surface area contributed by atoms with Gasteiger partial charge in [-0.2, -0.15) is 0 Å². The van der Waals surface area contributed by atoms with Crippen LogP contribution in [0, 0.1) is 13.8 Å². The lowest BCUT2D eigenvalue weighted by atomic mass is 10.1. The highest BCUT2D eigenvalue weighted by Gasteiger charge is 2.36. The monoisotopic (exact) mass is 327 g/mol. The van der Waals surface area contributed by atoms with Gasteiger partial charge in [0.25, 0.3) is 5.91 Å². The van der Waals surface area contributed by atoms with Gasteiger partial charge >= 0.3 is 0 Å². The summed E-state index contributed by atoms with van der Waals surface area (Å²) < 4.78 is 0. The third-order valence-electron chi connectivity index (χ3n) is 4.00. The second kappa shape index (κ2) is 5.62. The molecule has 1 N–H and O–H groups in total. The number of thiazole rings is 1. The fraction of sp³-hybridized carbons (Fsp3) is 0.235. The van der Waals surface area contributed by atoms with Crippen LogP contribution in [0.2, 0.25) is 0 Å². The Hall–Kier alpha value is -2.47. The van der Waals surface area contributed by atoms with E-state index < -0.39 is 6.04 Å². The number of hydrogen-bond acceptors (Lipinski definition) is 4. The van der Waals surface area contributed by atoms with Gasteiger partial charge < -0.3 is 5.32 Å². The van der Waals surface area contributed by atoms with Gasteiger partial charge in [-0.3, -0.25) is 14.5 Å². The van der Waals surface area contributed by atoms with Crippen molar-refractivity contribution in [2.75, 3.05) is 5.32 Å². The number of carbonyl (C=O) groups excluding carboxylic acids is 2. The standard InChI is InChI=1S/C17H17N3O2S/c1-9-12(4)23-17(18-9)19-15(21)11(3)20-10(2)13-7-5-6-8-14(13)16(20)22/h5-8,11H,2H2,1,3-4H3,(H,18,19,21)/t11-/m1/s1. The molecule has 1 aliphatic heterocycles. The Bertz CT molecular complexity index is 770. The topological polar surface area (TPSA) is 62.3 Å². The van der Waals surface area contributed by atoms with Crippen LogP contribution in [0.25, 0.3) is 5.70 Å². The van der Waals surface area contributed by atoms with E-state index in [2.05, 4.69) is 16.9 Å². The number of hydrogen-bond donors (Lipinski definition) is 1. The minimum atomic E-state index is -0.660. The number of anilines is 1. The van der Waals surface area contributed by atoms with Gasteiger partial charge in [-0.25, -0.2) is 4.98 Å². The van der Waals surface area contributed by atoms with Crippen LogP contribution < -0.4 is 5.32 Å². The summed E-state index contributed by atoms with van der Waals surface area (Å²) in [6.45, 7) is 9.51. The summed E-state index contributed by atoms with van der Waals surface area (Å²) in [5, 5.41) is 3.33. The molecule has 6 heteroatoms. The van der Waals surface area contributed by atoms with Crippen LogP contribution in [0.1, 0.15) is 33.4 Å². The van der Waals surface area contributed by atoms with Gasteiger partial charge in [0.05, 0.1) is 5.69 Å². The predicted molar refractivity (Wildman–Crippen MR) is 91.3 cm³/mol. The second-order valence-corrected chi connectivity index (χ2v) is 6.70. The number of aromatic nitrogens is 1. The van der Waals surface area contributed by atoms with Gasteiger partial charge in [0.2, 0.25) is 5.91 Å². The van der Waals surface area contributed by atoms with E-state index in [0.717, 1.165) is 16.1 Å². The Balaban J connectivity index is 1.81. The Labute approximate surface area is 138 Å². The maximum atomic E-state index is 12.5. The SMILES string of the molecule is C=C1c2ccccc2C(=O)N1[C@H](C)C(=O)Nc1nc(C)c(C)s1. The Kier molecular flexibility index (Phi) is 3.77. The van der Waals surface area contributed by atoms with Crippen molar-refractivity contribution in [2.24, 2.45) is 0 Å². The van der Waals surface area contributed by atoms with Crippen molar-refractivity contribution in [2.45, 2.75) is 26.8 Å². The zero-order valence-corrected chi connectivity index (χ0v) is 14.0. The smallest absolute Gasteiger partial charge is 0.259 e. The molecule has 0 bridgehead atoms. The fourth-order valence-electron chi connectivity index (χ4n) is 2.57. The third kappa shape index (κ3) is 2.55. The maximum absolute atomic E-state index is 12.5. The average Bonchev–Trinajstić information content (AvgIpc) is 2.97. The van der Waals surface area contributed by atoms with Crippen molar-refractivity contribution >= 4 is 34.0 Å². The van der Waals surface area contributed by atoms with Crippen molar-refractivity contribution in [3.05, 3.63) is 52.5 Å². The van der Waals surface area contributed by atoms with Crippen molar-refractivity contribution < 1.29 is 9.59 Å². The summed E-state index contributed by atoms with van der Waals surface area (Å²) in [5.41, 5.74) is 2.81. The van der Waals surface area contributed by atoms with Crippen LogP contribution in [-0.4, -0.2) is 27.7 Å². The molecule has 118 valence electrons. The van der Waals surface area contributed by atoms with E-state index in [1.165, 1.54) is 16.2 Å². The summed E-state index contributed by atoms with van der Waals surface area (Å²) in [6.07, 6.45) is 0. The Morgan fingerprint density at radius 2 is 1.96 bits per heavy atom. The number of rotatable bonds is 3. The molecule has 0 saturated heterocycles. The van der Waals surface area contributed by atoms with Gasteiger partial charge in [0.15, 0.2) is 5.13 Å². The molecule has 0 radical (unpaired) electrons. The quantitative estimate of drug-likeness (QED) is 0.941. The summed E-state index contributed by atoms with van der Waals surface area (Å²) >= 11 is 1.42. The number of fused-ring (bicyclic) bond motifs is 1. The van der Waals surface area contributed by atoms with Gasteiger partial charge in [0, 0.05) is 21.7 Å². The molecular weight excluding hydrogens is 310 g/mol. The van der Waals surface area contributed by atoms with E-state index >= 15 is 0 Å². The molecule has 0 unspecified atom stereocenters. The summed E-state index contributed by atoms with van der Waals surface area (Å²) in [7, 11) is 0. The predicted octanol–water partition coefficient (Wildman–Crippen LogP) is 3.21. The molecule has 0 fully saturated rings. The van der Waals surface area contributed by atoms with Crippen molar-refractivity contribution in [3.63, 3.8) is 0 Å². The number of nitrogens with one attached hydrogen (secondary N) is 1. The van der Waals surface area contributed by atoms with E-state index in [4.69, 9.17) is 0 Å². The van der Waals surface area contributed by atoms with Crippen molar-refractivity contribution in [1.29, 1.82) is 0 Å². The molecule has 0 aliphatic carbocycles. The third-order valence-corrected chi connectivity index (χ3v) is 4.99. The van der Waals surface area contributed by atoms with Crippen molar-refractivity contribution in [1.82, 2.24) is 9.88 Å². The molecule has 5 nitrogen and oxygen atoms in total. The zero-order valence-electron chi connectivity index (χ0n) is 13.2. The van der Waals surface area contributed by atoms with E-state index in [1.54, 1.807) is 19.1 Å². The van der Waals surface area contributed by atoms with E-state index in [9.17, 15) is 9.59 Å². The van der Waals surface area contributed by atoms with Crippen LogP contribution in [0.3, 0.4) is 0 Å². The van der Waals surface area contributed by atoms with E-state index in [1.807, 2.05) is 26.0 Å². The summed E-state index contributed by atoms with van der Waals surface area (Å²) in [6, 6.07) is 6.59. The number of nitrogens with zero attached hydrogens (tertiary/aromatic N) is 2. The lowest BCUT2D eigenvalue weighted by Crippen LogP contribution is -2.41. The minimum absolute atomic E-state index is 0.195. The Morgan fingerprint density at radius 1 is 1.30 bits per heavy atom. The highest BCUT2D eigenvalue weighted by molar-refractivity contribution is 7.15. The van der Waals surface area contributed by atoms with Gasteiger partial charge in [-0.05, 0) is 26.8 Å². The van der Waals surface area contributed by atoms with Crippen LogP contribution in [0.5, 0.6) is 0 Å². The molecule has 0 saturated carbocycles. The molecular formula is C17H17N3O2S. The van der Waals surface area contributed by atoms with Crippen LogP contribution in [0.15, 0.2) is 30.8 Å². The number of benzene rings is 1. The van der Waals surface area contributed by atoms with Crippen LogP contribution >= 0.6 is 11.3 Å². The molecule has 1 aromatic carbocycles. The molecule has 2 heterocycles. The summed E-state index contributed by atoms with van der Waals surface area (Å²) in [4.78, 5) is 31.8. The Morgan fingerprint density at radius 3 is 2.52 bits per heavy atom. The molecule has 1 atom stereocenters. The number of carbonyl (C=O) groups is 2. The van der Waals surface area contributed by atoms with Crippen molar-refractivity contribution in [3.8, 4) is 0 Å². The molecule has 2 amide bonds. The average molecular weight is 327 g/mol. The first-order valence-corrected chi connectivity index (χ1v) is 8.08. The largest absolute Gasteiger partial charge is 0.300 e. The van der Waals surface area contributed by atoms with E-state index in [-0.39, 0.29) is 11.8 Å². The molecule has 0 spiro atoms. The molecule has 3 rings (SSSR count). The van der Waals surface area contributed by atoms with Gasteiger partial charge in [-0.1, -0.05) is 24.8 Å². The lowest BCUT2D eigenvalue weighted by molar-refractivity contribution is -0.119.